The van der Waals surface area contributed by atoms with E-state index in [2.05, 4.69) is 5.16 Å². The first-order chi connectivity index (χ1) is 13.9. The van der Waals surface area contributed by atoms with Gasteiger partial charge in [0.15, 0.2) is 18.2 Å². The van der Waals surface area contributed by atoms with Crippen LogP contribution in [0.1, 0.15) is 30.4 Å². The van der Waals surface area contributed by atoms with E-state index in [4.69, 9.17) is 27.9 Å². The summed E-state index contributed by atoms with van der Waals surface area (Å²) in [4.78, 5) is 5.45. The molecule has 1 aliphatic carbocycles. The zero-order chi connectivity index (χ0) is 20.5. The number of amidine groups is 1. The lowest BCUT2D eigenvalue weighted by Gasteiger charge is -2.14. The molecule has 2 unspecified atom stereocenters. The van der Waals surface area contributed by atoms with E-state index in [1.165, 1.54) is 6.07 Å². The maximum atomic E-state index is 14.9. The summed E-state index contributed by atoms with van der Waals surface area (Å²) in [6.07, 6.45) is 8.47. The molecule has 4 N–H and O–H groups in total. The number of nitrogens with zero attached hydrogens (tertiary/aromatic N) is 3. The third kappa shape index (κ3) is 4.06. The fraction of sp³-hybridized carbons (Fsp3) is 0.333. The largest absolute Gasteiger partial charge is 0.389 e. The third-order valence-electron chi connectivity index (χ3n) is 5.41. The van der Waals surface area contributed by atoms with Gasteiger partial charge in [-0.25, -0.2) is 8.96 Å². The van der Waals surface area contributed by atoms with Crippen molar-refractivity contribution in [3.05, 3.63) is 64.8 Å². The van der Waals surface area contributed by atoms with E-state index >= 15 is 0 Å². The smallest absolute Gasteiger partial charge is 0.193 e. The Labute approximate surface area is 173 Å². The van der Waals surface area contributed by atoms with Crippen LogP contribution in [0.3, 0.4) is 0 Å². The van der Waals surface area contributed by atoms with E-state index in [-0.39, 0.29) is 23.0 Å². The van der Waals surface area contributed by atoms with Gasteiger partial charge in [-0.3, -0.25) is 0 Å². The van der Waals surface area contributed by atoms with E-state index in [0.29, 0.717) is 17.7 Å². The second-order valence-corrected chi connectivity index (χ2v) is 7.94. The molecule has 1 saturated carbocycles. The number of hydrogen-bond acceptors (Lipinski definition) is 3. The molecule has 0 aliphatic heterocycles. The highest BCUT2D eigenvalue weighted by Crippen LogP contribution is 2.25. The number of aromatic nitrogens is 2. The molecule has 0 spiro atoms. The van der Waals surface area contributed by atoms with Crippen LogP contribution in [0.2, 0.25) is 5.02 Å². The van der Waals surface area contributed by atoms with Crippen molar-refractivity contribution in [3.8, 4) is 0 Å². The maximum Gasteiger partial charge on any atom is 0.193 e. The summed E-state index contributed by atoms with van der Waals surface area (Å²) < 4.78 is 18.8. The van der Waals surface area contributed by atoms with Crippen molar-refractivity contribution in [2.75, 3.05) is 0 Å². The number of pyridine rings is 1. The van der Waals surface area contributed by atoms with Gasteiger partial charge in [0.2, 0.25) is 0 Å². The van der Waals surface area contributed by atoms with Gasteiger partial charge in [0.05, 0.1) is 6.54 Å². The highest BCUT2D eigenvalue weighted by molar-refractivity contribution is 6.31. The van der Waals surface area contributed by atoms with Crippen molar-refractivity contribution in [2.45, 2.75) is 38.0 Å². The van der Waals surface area contributed by atoms with Gasteiger partial charge in [-0.05, 0) is 37.5 Å². The molecular weight excluding hydrogens is 393 g/mol. The minimum atomic E-state index is -0.439. The number of aryl methyl sites for hydroxylation is 1. The molecule has 8 heteroatoms. The molecule has 2 heterocycles. The van der Waals surface area contributed by atoms with Gasteiger partial charge in [0, 0.05) is 39.8 Å². The van der Waals surface area contributed by atoms with Gasteiger partial charge in [-0.15, -0.1) is 0 Å². The lowest BCUT2D eigenvalue weighted by molar-refractivity contribution is -0.670. The van der Waals surface area contributed by atoms with Crippen molar-refractivity contribution in [1.29, 1.82) is 0 Å². The molecule has 2 aromatic heterocycles. The number of hydrogen-bond donors (Lipinski definition) is 2. The average molecular weight is 417 g/mol. The van der Waals surface area contributed by atoms with Crippen LogP contribution in [0.15, 0.2) is 48.0 Å². The highest BCUT2D eigenvalue weighted by atomic mass is 35.5. The first kappa shape index (κ1) is 19.7. The molecule has 29 heavy (non-hydrogen) atoms. The van der Waals surface area contributed by atoms with Crippen molar-refractivity contribution in [2.24, 2.45) is 23.7 Å². The lowest BCUT2D eigenvalue weighted by Crippen LogP contribution is -2.30. The van der Waals surface area contributed by atoms with E-state index in [0.717, 1.165) is 30.2 Å². The van der Waals surface area contributed by atoms with Crippen LogP contribution < -0.4 is 16.0 Å². The summed E-state index contributed by atoms with van der Waals surface area (Å²) in [7, 11) is 1.95. The summed E-state index contributed by atoms with van der Waals surface area (Å²) in [5.41, 5.74) is 13.7. The fourth-order valence-electron chi connectivity index (χ4n) is 3.70. The van der Waals surface area contributed by atoms with Crippen LogP contribution in [0.5, 0.6) is 0 Å². The summed E-state index contributed by atoms with van der Waals surface area (Å²) in [6, 6.07) is 6.91. The van der Waals surface area contributed by atoms with Crippen molar-refractivity contribution in [3.63, 3.8) is 0 Å². The quantitative estimate of drug-likeness (QED) is 0.290. The summed E-state index contributed by atoms with van der Waals surface area (Å²) in [6.45, 7) is 0.308. The van der Waals surface area contributed by atoms with Crippen LogP contribution in [0, 0.1) is 5.82 Å². The Morgan fingerprint density at radius 2 is 2.21 bits per heavy atom. The topological polar surface area (TPSA) is 82.4 Å². The predicted octanol–water partition coefficient (Wildman–Crippen LogP) is 2.82. The number of nitrogens with two attached hydrogens (primary N) is 2. The average Bonchev–Trinajstić information content (AvgIpc) is 3.28. The van der Waals surface area contributed by atoms with Crippen LogP contribution in [0.4, 0.5) is 4.39 Å². The summed E-state index contributed by atoms with van der Waals surface area (Å²) in [5.74, 6) is -0.361. The normalized spacial score (nSPS) is 19.8. The molecule has 1 aliphatic rings. The molecule has 0 bridgehead atoms. The highest BCUT2D eigenvalue weighted by Gasteiger charge is 2.26. The molecular formula is C21H24ClFN5O+. The number of rotatable bonds is 5. The first-order valence-corrected chi connectivity index (χ1v) is 9.97. The van der Waals surface area contributed by atoms with Gasteiger partial charge in [-0.1, -0.05) is 16.8 Å². The maximum absolute atomic E-state index is 14.9. The van der Waals surface area contributed by atoms with Crippen LogP contribution in [-0.4, -0.2) is 22.5 Å². The monoisotopic (exact) mass is 416 g/mol. The standard InChI is InChI=1S/C21H24ClFN5O/c1-27-7-5-13-6-8-28(19(13)12-27)11-15-16(22)9-14(10-17(15)23)21(25)26-29-20-4-2-3-18(20)24/h5-10,12,18,20H,2-4,11,24H2,1H3,(H2,25,26)/q+1. The third-order valence-corrected chi connectivity index (χ3v) is 5.75. The molecule has 0 saturated heterocycles. The van der Waals surface area contributed by atoms with Gasteiger partial charge in [0.1, 0.15) is 24.5 Å². The molecule has 1 fully saturated rings. The van der Waals surface area contributed by atoms with E-state index in [9.17, 15) is 4.39 Å². The number of benzene rings is 1. The van der Waals surface area contributed by atoms with Gasteiger partial charge >= 0.3 is 0 Å². The molecule has 0 radical (unpaired) electrons. The van der Waals surface area contributed by atoms with Crippen molar-refractivity contribution < 1.29 is 13.8 Å². The minimum Gasteiger partial charge on any atom is -0.389 e. The van der Waals surface area contributed by atoms with Gasteiger partial charge in [0.25, 0.3) is 0 Å². The first-order valence-electron chi connectivity index (χ1n) is 9.59. The van der Waals surface area contributed by atoms with Crippen LogP contribution in [0.25, 0.3) is 10.9 Å². The Kier molecular flexibility index (Phi) is 5.43. The van der Waals surface area contributed by atoms with Crippen LogP contribution >= 0.6 is 11.6 Å². The number of halogens is 2. The Bertz CT molecular complexity index is 1060. The zero-order valence-corrected chi connectivity index (χ0v) is 16.9. The molecule has 1 aromatic carbocycles. The molecule has 0 amide bonds. The predicted molar refractivity (Wildman–Crippen MR) is 111 cm³/mol. The van der Waals surface area contributed by atoms with Crippen molar-refractivity contribution >= 4 is 28.3 Å². The van der Waals surface area contributed by atoms with E-state index in [1.807, 2.05) is 46.9 Å². The van der Waals surface area contributed by atoms with E-state index < -0.39 is 5.82 Å². The molecule has 3 aromatic rings. The Hall–Kier alpha value is -2.64. The zero-order valence-electron chi connectivity index (χ0n) is 16.2. The number of oxime groups is 1. The molecule has 152 valence electrons. The summed E-state index contributed by atoms with van der Waals surface area (Å²) in [5, 5.41) is 5.31. The van der Waals surface area contributed by atoms with Crippen LogP contribution in [-0.2, 0) is 18.4 Å². The second kappa shape index (κ2) is 8.00. The summed E-state index contributed by atoms with van der Waals surface area (Å²) >= 11 is 6.40. The SMILES string of the molecule is C[n+]1ccc2ccn(Cc3c(F)cc(C(N)=NOC4CCCC4N)cc3Cl)c2c1. The molecule has 4 rings (SSSR count). The van der Waals surface area contributed by atoms with Crippen molar-refractivity contribution in [1.82, 2.24) is 4.57 Å². The second-order valence-electron chi connectivity index (χ2n) is 7.53. The van der Waals surface area contributed by atoms with E-state index in [1.54, 1.807) is 6.07 Å². The lowest BCUT2D eigenvalue weighted by atomic mass is 10.1. The molecule has 2 atom stereocenters. The minimum absolute atomic E-state index is 0.0487. The van der Waals surface area contributed by atoms with Gasteiger partial charge in [-0.2, -0.15) is 0 Å². The van der Waals surface area contributed by atoms with Gasteiger partial charge < -0.3 is 20.9 Å². The Morgan fingerprint density at radius 1 is 1.38 bits per heavy atom. The number of fused-ring (bicyclic) bond motifs is 1. The fourth-order valence-corrected chi connectivity index (χ4v) is 3.97. The molecule has 6 nitrogen and oxygen atoms in total. The Morgan fingerprint density at radius 3 is 2.93 bits per heavy atom. The Balaban J connectivity index is 1.57.